The number of rotatable bonds is 5. The van der Waals surface area contributed by atoms with Crippen LogP contribution in [-0.2, 0) is 16.6 Å². The number of nitrogens with two attached hydrogens (primary N) is 1. The van der Waals surface area contributed by atoms with Crippen molar-refractivity contribution in [2.45, 2.75) is 31.3 Å². The van der Waals surface area contributed by atoms with Crippen LogP contribution in [0.15, 0.2) is 35.2 Å². The van der Waals surface area contributed by atoms with E-state index in [2.05, 4.69) is 4.72 Å². The van der Waals surface area contributed by atoms with Gasteiger partial charge in [0.05, 0.1) is 6.04 Å². The molecular formula is C14H17FN2O2S2. The lowest BCUT2D eigenvalue weighted by atomic mass is 10.2. The quantitative estimate of drug-likeness (QED) is 0.886. The van der Waals surface area contributed by atoms with Gasteiger partial charge in [0.25, 0.3) is 0 Å². The summed E-state index contributed by atoms with van der Waals surface area (Å²) in [5, 5.41) is 0. The van der Waals surface area contributed by atoms with Crippen molar-refractivity contribution in [1.82, 2.24) is 4.72 Å². The number of sulfonamides is 1. The molecular weight excluding hydrogens is 311 g/mol. The molecule has 7 heteroatoms. The fourth-order valence-electron chi connectivity index (χ4n) is 1.93. The average Bonchev–Trinajstić information content (AvgIpc) is 2.84. The van der Waals surface area contributed by atoms with Crippen LogP contribution in [0.5, 0.6) is 0 Å². The van der Waals surface area contributed by atoms with E-state index in [4.69, 9.17) is 5.73 Å². The number of thiophene rings is 1. The van der Waals surface area contributed by atoms with E-state index in [0.29, 0.717) is 5.56 Å². The minimum absolute atomic E-state index is 0.162. The van der Waals surface area contributed by atoms with Crippen LogP contribution in [0.1, 0.15) is 28.3 Å². The molecule has 0 saturated heterocycles. The largest absolute Gasteiger partial charge is 0.326 e. The van der Waals surface area contributed by atoms with Crippen molar-refractivity contribution in [3.05, 3.63) is 51.5 Å². The maximum atomic E-state index is 13.9. The molecule has 0 aliphatic rings. The molecule has 1 unspecified atom stereocenters. The second-order valence-electron chi connectivity index (χ2n) is 4.76. The van der Waals surface area contributed by atoms with E-state index < -0.39 is 21.9 Å². The standard InChI is InChI=1S/C14H17FN2O2S2/c1-9-3-5-13(20-9)10(2)17-21(18,19)14-6-4-11(8-16)7-12(14)15/h3-7,10,17H,8,16H2,1-2H3. The van der Waals surface area contributed by atoms with Gasteiger partial charge < -0.3 is 5.73 Å². The molecule has 0 aliphatic carbocycles. The summed E-state index contributed by atoms with van der Waals surface area (Å²) in [6, 6.07) is 7.27. The zero-order valence-corrected chi connectivity index (χ0v) is 13.4. The summed E-state index contributed by atoms with van der Waals surface area (Å²) in [6.45, 7) is 3.84. The van der Waals surface area contributed by atoms with Crippen LogP contribution in [0.3, 0.4) is 0 Å². The lowest BCUT2D eigenvalue weighted by Crippen LogP contribution is -2.27. The molecule has 1 aromatic heterocycles. The van der Waals surface area contributed by atoms with Gasteiger partial charge in [-0.15, -0.1) is 11.3 Å². The van der Waals surface area contributed by atoms with Crippen LogP contribution < -0.4 is 10.5 Å². The molecule has 1 atom stereocenters. The average molecular weight is 328 g/mol. The fraction of sp³-hybridized carbons (Fsp3) is 0.286. The molecule has 2 rings (SSSR count). The lowest BCUT2D eigenvalue weighted by Gasteiger charge is -2.13. The fourth-order valence-corrected chi connectivity index (χ4v) is 4.17. The van der Waals surface area contributed by atoms with E-state index in [0.717, 1.165) is 15.8 Å². The number of aryl methyl sites for hydroxylation is 1. The molecule has 1 aromatic carbocycles. The molecule has 21 heavy (non-hydrogen) atoms. The predicted octanol–water partition coefficient (Wildman–Crippen LogP) is 2.69. The highest BCUT2D eigenvalue weighted by molar-refractivity contribution is 7.89. The van der Waals surface area contributed by atoms with E-state index in [-0.39, 0.29) is 11.4 Å². The Hall–Kier alpha value is -1.28. The Kier molecular flexibility index (Phi) is 4.77. The SMILES string of the molecule is Cc1ccc(C(C)NS(=O)(=O)c2ccc(CN)cc2F)s1. The molecule has 0 spiro atoms. The van der Waals surface area contributed by atoms with E-state index >= 15 is 0 Å². The van der Waals surface area contributed by atoms with Gasteiger partial charge in [0.15, 0.2) is 0 Å². The van der Waals surface area contributed by atoms with Gasteiger partial charge in [0, 0.05) is 16.3 Å². The minimum Gasteiger partial charge on any atom is -0.326 e. The van der Waals surface area contributed by atoms with Crippen LogP contribution in [0, 0.1) is 12.7 Å². The topological polar surface area (TPSA) is 72.2 Å². The zero-order chi connectivity index (χ0) is 15.6. The monoisotopic (exact) mass is 328 g/mol. The van der Waals surface area contributed by atoms with Crippen molar-refractivity contribution in [2.75, 3.05) is 0 Å². The van der Waals surface area contributed by atoms with E-state index in [9.17, 15) is 12.8 Å². The van der Waals surface area contributed by atoms with Crippen LogP contribution in [0.4, 0.5) is 4.39 Å². The highest BCUT2D eigenvalue weighted by Crippen LogP contribution is 2.25. The third-order valence-electron chi connectivity index (χ3n) is 3.04. The first-order valence-corrected chi connectivity index (χ1v) is 8.70. The third kappa shape index (κ3) is 3.68. The molecule has 0 saturated carbocycles. The number of hydrogen-bond donors (Lipinski definition) is 2. The molecule has 2 aromatic rings. The van der Waals surface area contributed by atoms with Gasteiger partial charge in [-0.3, -0.25) is 0 Å². The molecule has 0 amide bonds. The number of nitrogens with one attached hydrogen (secondary N) is 1. The van der Waals surface area contributed by atoms with Crippen LogP contribution >= 0.6 is 11.3 Å². The first kappa shape index (κ1) is 16.1. The summed E-state index contributed by atoms with van der Waals surface area (Å²) in [5.41, 5.74) is 5.96. The Morgan fingerprint density at radius 2 is 2.05 bits per heavy atom. The highest BCUT2D eigenvalue weighted by atomic mass is 32.2. The van der Waals surface area contributed by atoms with Crippen molar-refractivity contribution in [3.8, 4) is 0 Å². The van der Waals surface area contributed by atoms with Crippen LogP contribution in [0.2, 0.25) is 0 Å². The predicted molar refractivity (Wildman–Crippen MR) is 82.1 cm³/mol. The van der Waals surface area contributed by atoms with E-state index in [1.165, 1.54) is 23.5 Å². The summed E-state index contributed by atoms with van der Waals surface area (Å²) >= 11 is 1.50. The molecule has 4 nitrogen and oxygen atoms in total. The van der Waals surface area contributed by atoms with Gasteiger partial charge in [0.1, 0.15) is 10.7 Å². The summed E-state index contributed by atoms with van der Waals surface area (Å²) in [7, 11) is -3.91. The van der Waals surface area contributed by atoms with Gasteiger partial charge >= 0.3 is 0 Å². The molecule has 1 heterocycles. The summed E-state index contributed by atoms with van der Waals surface area (Å²) in [6.07, 6.45) is 0. The number of benzene rings is 1. The summed E-state index contributed by atoms with van der Waals surface area (Å²) in [5.74, 6) is -0.792. The van der Waals surface area contributed by atoms with Crippen LogP contribution in [0.25, 0.3) is 0 Å². The lowest BCUT2D eigenvalue weighted by molar-refractivity contribution is 0.547. The van der Waals surface area contributed by atoms with Gasteiger partial charge in [-0.25, -0.2) is 17.5 Å². The summed E-state index contributed by atoms with van der Waals surface area (Å²) < 4.78 is 40.9. The van der Waals surface area contributed by atoms with E-state index in [1.807, 2.05) is 19.1 Å². The van der Waals surface area contributed by atoms with Crippen LogP contribution in [-0.4, -0.2) is 8.42 Å². The molecule has 0 fully saturated rings. The molecule has 114 valence electrons. The maximum Gasteiger partial charge on any atom is 0.244 e. The van der Waals surface area contributed by atoms with Crippen molar-refractivity contribution >= 4 is 21.4 Å². The van der Waals surface area contributed by atoms with Crippen molar-refractivity contribution in [1.29, 1.82) is 0 Å². The van der Waals surface area contributed by atoms with Crippen molar-refractivity contribution in [3.63, 3.8) is 0 Å². The van der Waals surface area contributed by atoms with Gasteiger partial charge in [0.2, 0.25) is 10.0 Å². The Morgan fingerprint density at radius 1 is 1.33 bits per heavy atom. The van der Waals surface area contributed by atoms with Crippen molar-refractivity contribution in [2.24, 2.45) is 5.73 Å². The highest BCUT2D eigenvalue weighted by Gasteiger charge is 2.22. The van der Waals surface area contributed by atoms with Gasteiger partial charge in [-0.1, -0.05) is 6.07 Å². The number of halogens is 1. The Morgan fingerprint density at radius 3 is 2.57 bits per heavy atom. The minimum atomic E-state index is -3.91. The zero-order valence-electron chi connectivity index (χ0n) is 11.8. The smallest absolute Gasteiger partial charge is 0.244 e. The molecule has 0 aliphatic heterocycles. The molecule has 0 bridgehead atoms. The second-order valence-corrected chi connectivity index (χ2v) is 7.76. The molecule has 0 radical (unpaired) electrons. The number of hydrogen-bond acceptors (Lipinski definition) is 4. The van der Waals surface area contributed by atoms with Gasteiger partial charge in [-0.05, 0) is 43.7 Å². The Balaban J connectivity index is 2.26. The molecule has 3 N–H and O–H groups in total. The first-order valence-electron chi connectivity index (χ1n) is 6.40. The Labute approximate surface area is 127 Å². The maximum absolute atomic E-state index is 13.9. The summed E-state index contributed by atoms with van der Waals surface area (Å²) in [4.78, 5) is 1.62. The third-order valence-corrected chi connectivity index (χ3v) is 5.80. The first-order chi connectivity index (χ1) is 9.83. The van der Waals surface area contributed by atoms with Crippen molar-refractivity contribution < 1.29 is 12.8 Å². The second kappa shape index (κ2) is 6.23. The normalized spacial score (nSPS) is 13.3. The van der Waals surface area contributed by atoms with E-state index in [1.54, 1.807) is 6.92 Å². The Bertz CT molecular complexity index is 741. The van der Waals surface area contributed by atoms with Gasteiger partial charge in [-0.2, -0.15) is 0 Å².